The number of aromatic nitrogens is 1. The maximum atomic E-state index is 12.1. The number of ketones is 1. The van der Waals surface area contributed by atoms with Gasteiger partial charge in [0.2, 0.25) is 12.3 Å². The number of pyridine rings is 1. The first kappa shape index (κ1) is 14.3. The Balaban J connectivity index is 2.19. The lowest BCUT2D eigenvalue weighted by molar-refractivity contribution is -0.683. The molecule has 1 N–H and O–H groups in total. The fourth-order valence-electron chi connectivity index (χ4n) is 1.83. The number of nitro groups is 1. The lowest BCUT2D eigenvalue weighted by Crippen LogP contribution is -2.37. The van der Waals surface area contributed by atoms with Crippen molar-refractivity contribution < 1.29 is 19.5 Å². The molecule has 106 valence electrons. The molecule has 0 spiro atoms. The van der Waals surface area contributed by atoms with E-state index in [1.807, 2.05) is 0 Å². The van der Waals surface area contributed by atoms with E-state index in [1.165, 1.54) is 30.5 Å². The van der Waals surface area contributed by atoms with Gasteiger partial charge in [-0.1, -0.05) is 17.3 Å². The number of carbonyl (C=O) groups excluding carboxylic acids is 1. The number of hydrogen-bond donors (Lipinski definition) is 1. The van der Waals surface area contributed by atoms with E-state index >= 15 is 0 Å². The van der Waals surface area contributed by atoms with Crippen molar-refractivity contribution in [1.82, 2.24) is 0 Å². The number of benzene rings is 1. The monoisotopic (exact) mass is 286 g/mol. The van der Waals surface area contributed by atoms with Crippen LogP contribution in [0.3, 0.4) is 0 Å². The Labute approximate surface area is 119 Å². The molecule has 1 aromatic heterocycles. The van der Waals surface area contributed by atoms with E-state index < -0.39 is 4.92 Å². The number of carbonyl (C=O) groups is 1. The van der Waals surface area contributed by atoms with Gasteiger partial charge in [0.15, 0.2) is 12.4 Å². The first-order valence-corrected chi connectivity index (χ1v) is 6.04. The Morgan fingerprint density at radius 1 is 1.38 bits per heavy atom. The molecule has 0 atom stereocenters. The number of non-ortho nitro benzene ring substituents is 1. The van der Waals surface area contributed by atoms with Gasteiger partial charge in [0.1, 0.15) is 0 Å². The Morgan fingerprint density at radius 2 is 2.19 bits per heavy atom. The first-order chi connectivity index (χ1) is 10.1. The van der Waals surface area contributed by atoms with Crippen LogP contribution in [0.1, 0.15) is 15.9 Å². The zero-order valence-electron chi connectivity index (χ0n) is 10.9. The summed E-state index contributed by atoms with van der Waals surface area (Å²) in [6, 6.07) is 9.02. The number of rotatable bonds is 5. The fraction of sp³-hybridized carbons (Fsp3) is 0.0714. The Morgan fingerprint density at radius 3 is 2.90 bits per heavy atom. The third-order valence-electron chi connectivity index (χ3n) is 2.79. The molecule has 7 heteroatoms. The Kier molecular flexibility index (Phi) is 4.35. The number of Topliss-reactive ketones (excluding diaryl/α,β-unsaturated/α-hetero) is 1. The van der Waals surface area contributed by atoms with Crippen molar-refractivity contribution in [3.05, 3.63) is 70.0 Å². The average Bonchev–Trinajstić information content (AvgIpc) is 2.48. The molecule has 0 saturated heterocycles. The summed E-state index contributed by atoms with van der Waals surface area (Å²) in [6.45, 7) is 0.0360. The van der Waals surface area contributed by atoms with Crippen molar-refractivity contribution in [2.75, 3.05) is 0 Å². The van der Waals surface area contributed by atoms with E-state index in [-0.39, 0.29) is 23.6 Å². The molecular formula is C14H12N3O4+. The average molecular weight is 286 g/mol. The van der Waals surface area contributed by atoms with Crippen LogP contribution in [0.2, 0.25) is 0 Å². The van der Waals surface area contributed by atoms with E-state index in [0.717, 1.165) is 0 Å². The molecule has 0 saturated carbocycles. The topological polar surface area (TPSA) is 96.7 Å². The molecule has 21 heavy (non-hydrogen) atoms. The summed E-state index contributed by atoms with van der Waals surface area (Å²) in [5, 5.41) is 22.1. The zero-order valence-corrected chi connectivity index (χ0v) is 10.9. The summed E-state index contributed by atoms with van der Waals surface area (Å²) < 4.78 is 1.61. The van der Waals surface area contributed by atoms with Gasteiger partial charge < -0.3 is 5.21 Å². The molecule has 0 aliphatic heterocycles. The number of nitro benzene ring substituents is 1. The lowest BCUT2D eigenvalue weighted by atomic mass is 10.1. The van der Waals surface area contributed by atoms with Crippen molar-refractivity contribution in [3.8, 4) is 0 Å². The standard InChI is InChI=1S/C14H11N3O4/c18-14(12-4-1-5-13(7-12)17(20)21)10-16-6-2-3-11(9-16)8-15-19/h1-9H,10H2/p+1. The Bertz CT molecular complexity index is 713. The molecule has 0 unspecified atom stereocenters. The zero-order chi connectivity index (χ0) is 15.2. The van der Waals surface area contributed by atoms with E-state index in [2.05, 4.69) is 5.16 Å². The highest BCUT2D eigenvalue weighted by molar-refractivity contribution is 5.95. The van der Waals surface area contributed by atoms with Crippen LogP contribution in [0.4, 0.5) is 5.69 Å². The lowest BCUT2D eigenvalue weighted by Gasteiger charge is -1.99. The Hall–Kier alpha value is -3.09. The second-order valence-electron chi connectivity index (χ2n) is 4.28. The molecule has 0 radical (unpaired) electrons. The van der Waals surface area contributed by atoms with Crippen LogP contribution in [0.25, 0.3) is 0 Å². The van der Waals surface area contributed by atoms with Crippen molar-refractivity contribution in [2.45, 2.75) is 6.54 Å². The second kappa shape index (κ2) is 6.38. The van der Waals surface area contributed by atoms with E-state index in [4.69, 9.17) is 5.21 Å². The minimum absolute atomic E-state index is 0.0360. The van der Waals surface area contributed by atoms with Crippen LogP contribution in [0.15, 0.2) is 53.9 Å². The molecule has 0 bridgehead atoms. The molecule has 2 rings (SSSR count). The van der Waals surface area contributed by atoms with Crippen molar-refractivity contribution in [2.24, 2.45) is 5.16 Å². The molecule has 7 nitrogen and oxygen atoms in total. The first-order valence-electron chi connectivity index (χ1n) is 6.04. The summed E-state index contributed by atoms with van der Waals surface area (Å²) in [5.74, 6) is -0.248. The summed E-state index contributed by atoms with van der Waals surface area (Å²) in [4.78, 5) is 22.3. The quantitative estimate of drug-likeness (QED) is 0.225. The molecule has 2 aromatic rings. The molecular weight excluding hydrogens is 274 g/mol. The van der Waals surface area contributed by atoms with Gasteiger partial charge in [0.05, 0.1) is 16.7 Å². The van der Waals surface area contributed by atoms with E-state index in [9.17, 15) is 14.9 Å². The maximum absolute atomic E-state index is 12.1. The predicted molar refractivity (Wildman–Crippen MR) is 73.4 cm³/mol. The molecule has 0 amide bonds. The summed E-state index contributed by atoms with van der Waals surface area (Å²) in [7, 11) is 0. The summed E-state index contributed by atoms with van der Waals surface area (Å²) in [6.07, 6.45) is 4.56. The third-order valence-corrected chi connectivity index (χ3v) is 2.79. The van der Waals surface area contributed by atoms with Crippen molar-refractivity contribution in [1.29, 1.82) is 0 Å². The third kappa shape index (κ3) is 3.69. The van der Waals surface area contributed by atoms with Gasteiger partial charge in [-0.25, -0.2) is 0 Å². The summed E-state index contributed by atoms with van der Waals surface area (Å²) >= 11 is 0. The van der Waals surface area contributed by atoms with E-state index in [0.29, 0.717) is 5.56 Å². The number of hydrogen-bond acceptors (Lipinski definition) is 5. The van der Waals surface area contributed by atoms with Gasteiger partial charge in [-0.05, 0) is 6.07 Å². The van der Waals surface area contributed by atoms with Crippen LogP contribution in [-0.2, 0) is 6.54 Å². The van der Waals surface area contributed by atoms with Gasteiger partial charge in [-0.3, -0.25) is 14.9 Å². The van der Waals surface area contributed by atoms with Crippen molar-refractivity contribution >= 4 is 17.7 Å². The minimum Gasteiger partial charge on any atom is -0.411 e. The maximum Gasteiger partial charge on any atom is 0.270 e. The number of nitrogens with zero attached hydrogens (tertiary/aromatic N) is 3. The highest BCUT2D eigenvalue weighted by Crippen LogP contribution is 2.13. The highest BCUT2D eigenvalue weighted by atomic mass is 16.6. The van der Waals surface area contributed by atoms with Crippen molar-refractivity contribution in [3.63, 3.8) is 0 Å². The molecule has 0 aliphatic rings. The molecule has 0 fully saturated rings. The van der Waals surface area contributed by atoms with Crippen LogP contribution >= 0.6 is 0 Å². The van der Waals surface area contributed by atoms with Crippen LogP contribution in [0.5, 0.6) is 0 Å². The smallest absolute Gasteiger partial charge is 0.270 e. The van der Waals surface area contributed by atoms with Gasteiger partial charge in [0.25, 0.3) is 5.69 Å². The van der Waals surface area contributed by atoms with Gasteiger partial charge in [-0.15, -0.1) is 0 Å². The van der Waals surface area contributed by atoms with Gasteiger partial charge in [-0.2, -0.15) is 4.57 Å². The fourth-order valence-corrected chi connectivity index (χ4v) is 1.83. The number of oxime groups is 1. The normalized spacial score (nSPS) is 10.7. The van der Waals surface area contributed by atoms with Gasteiger partial charge in [0, 0.05) is 23.8 Å². The van der Waals surface area contributed by atoms with Crippen LogP contribution in [-0.4, -0.2) is 22.1 Å². The molecule has 1 heterocycles. The van der Waals surface area contributed by atoms with Gasteiger partial charge >= 0.3 is 0 Å². The predicted octanol–water partition coefficient (Wildman–Crippen LogP) is 1.57. The molecule has 0 aliphatic carbocycles. The SMILES string of the molecule is O=C(C[n+]1cccc(C=NO)c1)c1cccc([N+](=O)[O-])c1. The van der Waals surface area contributed by atoms with Crippen LogP contribution < -0.4 is 4.57 Å². The largest absolute Gasteiger partial charge is 0.411 e. The van der Waals surface area contributed by atoms with Crippen LogP contribution in [0, 0.1) is 10.1 Å². The second-order valence-corrected chi connectivity index (χ2v) is 4.28. The molecule has 1 aromatic carbocycles. The van der Waals surface area contributed by atoms with E-state index in [1.54, 1.807) is 29.1 Å². The highest BCUT2D eigenvalue weighted by Gasteiger charge is 2.15. The minimum atomic E-state index is -0.539. The summed E-state index contributed by atoms with van der Waals surface area (Å²) in [5.41, 5.74) is 0.789.